The Kier molecular flexibility index (Phi) is 3.74. The van der Waals surface area contributed by atoms with Crippen molar-refractivity contribution in [3.8, 4) is 0 Å². The second-order valence-corrected chi connectivity index (χ2v) is 5.83. The first-order chi connectivity index (χ1) is 10.1. The fraction of sp³-hybridized carbons (Fsp3) is 0.333. The second-order valence-electron chi connectivity index (χ2n) is 5.83. The van der Waals surface area contributed by atoms with E-state index in [1.54, 1.807) is 6.20 Å². The Morgan fingerprint density at radius 2 is 2.00 bits per heavy atom. The van der Waals surface area contributed by atoms with E-state index >= 15 is 0 Å². The first-order valence-electron chi connectivity index (χ1n) is 7.42. The van der Waals surface area contributed by atoms with Crippen molar-refractivity contribution >= 4 is 5.91 Å². The number of aryl methyl sites for hydroxylation is 2. The van der Waals surface area contributed by atoms with Crippen LogP contribution in [0.3, 0.4) is 0 Å². The van der Waals surface area contributed by atoms with Gasteiger partial charge in [0.25, 0.3) is 5.91 Å². The monoisotopic (exact) mass is 280 g/mol. The Labute approximate surface area is 125 Å². The van der Waals surface area contributed by atoms with Crippen molar-refractivity contribution in [2.75, 3.05) is 13.1 Å². The van der Waals surface area contributed by atoms with E-state index in [0.29, 0.717) is 11.6 Å². The predicted octanol–water partition coefficient (Wildman–Crippen LogP) is 3.33. The van der Waals surface area contributed by atoms with Gasteiger partial charge in [-0.05, 0) is 37.0 Å². The van der Waals surface area contributed by atoms with E-state index in [4.69, 9.17) is 0 Å². The topological polar surface area (TPSA) is 33.2 Å². The van der Waals surface area contributed by atoms with Gasteiger partial charge in [-0.25, -0.2) is 0 Å². The highest BCUT2D eigenvalue weighted by Crippen LogP contribution is 2.28. The fourth-order valence-corrected chi connectivity index (χ4v) is 3.03. The molecule has 3 heteroatoms. The van der Waals surface area contributed by atoms with E-state index in [1.165, 1.54) is 5.56 Å². The molecule has 0 saturated carbocycles. The molecular weight excluding hydrogens is 260 g/mol. The number of nitrogens with zero attached hydrogens (tertiary/aromatic N) is 2. The zero-order chi connectivity index (χ0) is 14.8. The lowest BCUT2D eigenvalue weighted by atomic mass is 9.99. The van der Waals surface area contributed by atoms with Crippen LogP contribution in [-0.4, -0.2) is 28.9 Å². The molecule has 1 aromatic carbocycles. The summed E-state index contributed by atoms with van der Waals surface area (Å²) in [6.45, 7) is 5.55. The first kappa shape index (κ1) is 13.8. The molecule has 0 N–H and O–H groups in total. The molecule has 1 aromatic heterocycles. The third-order valence-electron chi connectivity index (χ3n) is 4.16. The van der Waals surface area contributed by atoms with Crippen LogP contribution >= 0.6 is 0 Å². The van der Waals surface area contributed by atoms with Crippen LogP contribution in [0.15, 0.2) is 42.6 Å². The van der Waals surface area contributed by atoms with Gasteiger partial charge in [0.15, 0.2) is 0 Å². The zero-order valence-corrected chi connectivity index (χ0v) is 12.5. The van der Waals surface area contributed by atoms with Gasteiger partial charge in [0.05, 0.1) is 0 Å². The van der Waals surface area contributed by atoms with E-state index in [9.17, 15) is 4.79 Å². The van der Waals surface area contributed by atoms with Crippen molar-refractivity contribution < 1.29 is 4.79 Å². The molecule has 3 rings (SSSR count). The van der Waals surface area contributed by atoms with Crippen LogP contribution in [0.25, 0.3) is 0 Å². The molecule has 1 unspecified atom stereocenters. The lowest BCUT2D eigenvalue weighted by molar-refractivity contribution is 0.0784. The zero-order valence-electron chi connectivity index (χ0n) is 12.5. The van der Waals surface area contributed by atoms with Crippen molar-refractivity contribution in [1.29, 1.82) is 0 Å². The summed E-state index contributed by atoms with van der Waals surface area (Å²) in [7, 11) is 0. The van der Waals surface area contributed by atoms with Gasteiger partial charge >= 0.3 is 0 Å². The molecule has 21 heavy (non-hydrogen) atoms. The van der Waals surface area contributed by atoms with Crippen LogP contribution in [0.1, 0.15) is 39.5 Å². The van der Waals surface area contributed by atoms with Gasteiger partial charge in [-0.3, -0.25) is 9.78 Å². The van der Waals surface area contributed by atoms with Gasteiger partial charge in [0, 0.05) is 25.2 Å². The molecule has 0 spiro atoms. The summed E-state index contributed by atoms with van der Waals surface area (Å²) in [6, 6.07) is 12.5. The van der Waals surface area contributed by atoms with Crippen LogP contribution in [0.2, 0.25) is 0 Å². The summed E-state index contributed by atoms with van der Waals surface area (Å²) in [4.78, 5) is 18.9. The number of carbonyl (C=O) groups excluding carboxylic acids is 1. The summed E-state index contributed by atoms with van der Waals surface area (Å²) in [6.07, 6.45) is 2.80. The first-order valence-corrected chi connectivity index (χ1v) is 7.42. The Morgan fingerprint density at radius 3 is 2.71 bits per heavy atom. The molecule has 2 aromatic rings. The lowest BCUT2D eigenvalue weighted by Crippen LogP contribution is -2.29. The number of hydrogen-bond donors (Lipinski definition) is 0. The van der Waals surface area contributed by atoms with E-state index in [1.807, 2.05) is 30.9 Å². The molecule has 1 fully saturated rings. The minimum absolute atomic E-state index is 0.0610. The molecular formula is C18H20N2O. The minimum Gasteiger partial charge on any atom is -0.337 e. The number of likely N-dealkylation sites (tertiary alicyclic amines) is 1. The number of hydrogen-bond acceptors (Lipinski definition) is 2. The van der Waals surface area contributed by atoms with Crippen LogP contribution in [0.5, 0.6) is 0 Å². The van der Waals surface area contributed by atoms with Crippen LogP contribution in [0, 0.1) is 13.8 Å². The summed E-state index contributed by atoms with van der Waals surface area (Å²) in [5.74, 6) is 0.506. The standard InChI is InChI=1S/C18H20N2O/c1-13-10-14(2)17(19-11-13)18(21)20-9-8-16(12-20)15-6-4-3-5-7-15/h3-7,10-11,16H,8-9,12H2,1-2H3. The predicted molar refractivity (Wildman–Crippen MR) is 83.4 cm³/mol. The molecule has 1 saturated heterocycles. The van der Waals surface area contributed by atoms with Gasteiger partial charge in [0.1, 0.15) is 5.69 Å². The van der Waals surface area contributed by atoms with E-state index in [2.05, 4.69) is 29.2 Å². The molecule has 108 valence electrons. The summed E-state index contributed by atoms with van der Waals surface area (Å²) in [5.41, 5.74) is 3.96. The average molecular weight is 280 g/mol. The molecule has 0 radical (unpaired) electrons. The molecule has 1 amide bonds. The number of benzene rings is 1. The van der Waals surface area contributed by atoms with Crippen LogP contribution < -0.4 is 0 Å². The average Bonchev–Trinajstić information content (AvgIpc) is 2.97. The highest BCUT2D eigenvalue weighted by atomic mass is 16.2. The molecule has 0 aliphatic carbocycles. The third-order valence-corrected chi connectivity index (χ3v) is 4.16. The summed E-state index contributed by atoms with van der Waals surface area (Å²) < 4.78 is 0. The molecule has 1 atom stereocenters. The van der Waals surface area contributed by atoms with E-state index < -0.39 is 0 Å². The smallest absolute Gasteiger partial charge is 0.272 e. The maximum atomic E-state index is 12.6. The molecule has 0 bridgehead atoms. The molecule has 1 aliphatic heterocycles. The minimum atomic E-state index is 0.0610. The Morgan fingerprint density at radius 1 is 1.24 bits per heavy atom. The van der Waals surface area contributed by atoms with Gasteiger partial charge in [0.2, 0.25) is 0 Å². The van der Waals surface area contributed by atoms with E-state index in [0.717, 1.165) is 30.6 Å². The second kappa shape index (κ2) is 5.68. The summed E-state index contributed by atoms with van der Waals surface area (Å²) >= 11 is 0. The molecule has 2 heterocycles. The van der Waals surface area contributed by atoms with Gasteiger partial charge in [-0.1, -0.05) is 36.4 Å². The third kappa shape index (κ3) is 2.82. The quantitative estimate of drug-likeness (QED) is 0.845. The van der Waals surface area contributed by atoms with Gasteiger partial charge < -0.3 is 4.90 Å². The Balaban J connectivity index is 1.75. The van der Waals surface area contributed by atoms with Crippen molar-refractivity contribution in [3.05, 3.63) is 65.0 Å². The largest absolute Gasteiger partial charge is 0.337 e. The maximum Gasteiger partial charge on any atom is 0.272 e. The lowest BCUT2D eigenvalue weighted by Gasteiger charge is -2.17. The summed E-state index contributed by atoms with van der Waals surface area (Å²) in [5, 5.41) is 0. The van der Waals surface area contributed by atoms with Crippen molar-refractivity contribution in [1.82, 2.24) is 9.88 Å². The highest BCUT2D eigenvalue weighted by Gasteiger charge is 2.29. The van der Waals surface area contributed by atoms with Gasteiger partial charge in [-0.15, -0.1) is 0 Å². The van der Waals surface area contributed by atoms with Gasteiger partial charge in [-0.2, -0.15) is 0 Å². The molecule has 3 nitrogen and oxygen atoms in total. The van der Waals surface area contributed by atoms with E-state index in [-0.39, 0.29) is 5.91 Å². The Bertz CT molecular complexity index is 652. The molecule has 1 aliphatic rings. The van der Waals surface area contributed by atoms with Crippen LogP contribution in [0.4, 0.5) is 0 Å². The fourth-order valence-electron chi connectivity index (χ4n) is 3.03. The number of pyridine rings is 1. The Hall–Kier alpha value is -2.16. The normalized spacial score (nSPS) is 18.0. The highest BCUT2D eigenvalue weighted by molar-refractivity contribution is 5.94. The number of carbonyl (C=O) groups is 1. The maximum absolute atomic E-state index is 12.6. The number of aromatic nitrogens is 1. The van der Waals surface area contributed by atoms with Crippen LogP contribution in [-0.2, 0) is 0 Å². The number of rotatable bonds is 2. The SMILES string of the molecule is Cc1cnc(C(=O)N2CCC(c3ccccc3)C2)c(C)c1. The van der Waals surface area contributed by atoms with Crippen molar-refractivity contribution in [2.24, 2.45) is 0 Å². The van der Waals surface area contributed by atoms with Crippen molar-refractivity contribution in [3.63, 3.8) is 0 Å². The van der Waals surface area contributed by atoms with Crippen molar-refractivity contribution in [2.45, 2.75) is 26.2 Å². The number of amides is 1.